The summed E-state index contributed by atoms with van der Waals surface area (Å²) in [6.45, 7) is 18.0. The van der Waals surface area contributed by atoms with Gasteiger partial charge in [-0.15, -0.1) is 0 Å². The van der Waals surface area contributed by atoms with E-state index in [1.165, 1.54) is 18.2 Å². The summed E-state index contributed by atoms with van der Waals surface area (Å²) in [5, 5.41) is 0. The molecule has 0 aromatic heterocycles. The van der Waals surface area contributed by atoms with Crippen LogP contribution in [0.2, 0.25) is 0 Å². The minimum Gasteiger partial charge on any atom is -0.491 e. The predicted molar refractivity (Wildman–Crippen MR) is 129 cm³/mol. The molecular weight excluding hydrogens is 444 g/mol. The van der Waals surface area contributed by atoms with Crippen LogP contribution in [0.25, 0.3) is 0 Å². The Morgan fingerprint density at radius 3 is 2.24 bits per heavy atom. The maximum Gasteiger partial charge on any atom is 0.200 e. The predicted octanol–water partition coefficient (Wildman–Crippen LogP) is 8.56. The lowest BCUT2D eigenvalue weighted by molar-refractivity contribution is 0.224. The van der Waals surface area contributed by atoms with Crippen LogP contribution in [0.15, 0.2) is 84.7 Å². The minimum atomic E-state index is -1.26. The van der Waals surface area contributed by atoms with Gasteiger partial charge in [0.25, 0.3) is 0 Å². The SMILES string of the molecule is C=C(/C=C\C(=C)C(=C)/C(F)=C(/F)C(=C)OCC)COc1ccc(C2CCC(C)CC2)c(F)c1F. The van der Waals surface area contributed by atoms with Crippen molar-refractivity contribution >= 4 is 0 Å². The van der Waals surface area contributed by atoms with E-state index in [0.29, 0.717) is 17.1 Å². The second-order valence-corrected chi connectivity index (χ2v) is 8.51. The third kappa shape index (κ3) is 6.99. The zero-order chi connectivity index (χ0) is 25.4. The monoisotopic (exact) mass is 476 g/mol. The molecule has 0 heterocycles. The summed E-state index contributed by atoms with van der Waals surface area (Å²) in [4.78, 5) is 0. The number of halogens is 4. The van der Waals surface area contributed by atoms with Gasteiger partial charge in [-0.1, -0.05) is 64.3 Å². The first-order chi connectivity index (χ1) is 16.1. The third-order valence-electron chi connectivity index (χ3n) is 5.87. The van der Waals surface area contributed by atoms with E-state index in [-0.39, 0.29) is 36.0 Å². The maximum absolute atomic E-state index is 14.7. The highest BCUT2D eigenvalue weighted by Crippen LogP contribution is 2.38. The Morgan fingerprint density at radius 2 is 1.62 bits per heavy atom. The topological polar surface area (TPSA) is 18.5 Å². The molecule has 0 amide bonds. The fourth-order valence-corrected chi connectivity index (χ4v) is 3.72. The Morgan fingerprint density at radius 1 is 0.971 bits per heavy atom. The molecule has 2 nitrogen and oxygen atoms in total. The molecule has 0 saturated heterocycles. The molecule has 1 aromatic carbocycles. The second kappa shape index (κ2) is 12.4. The van der Waals surface area contributed by atoms with Gasteiger partial charge < -0.3 is 9.47 Å². The van der Waals surface area contributed by atoms with Crippen LogP contribution in [-0.4, -0.2) is 13.2 Å². The molecule has 34 heavy (non-hydrogen) atoms. The highest BCUT2D eigenvalue weighted by atomic mass is 19.2. The molecule has 2 rings (SSSR count). The van der Waals surface area contributed by atoms with Crippen LogP contribution in [0.3, 0.4) is 0 Å². The van der Waals surface area contributed by atoms with Gasteiger partial charge in [0.1, 0.15) is 6.61 Å². The van der Waals surface area contributed by atoms with E-state index in [0.717, 1.165) is 25.7 Å². The molecule has 0 bridgehead atoms. The average molecular weight is 477 g/mol. The molecule has 1 fully saturated rings. The summed E-state index contributed by atoms with van der Waals surface area (Å²) >= 11 is 0. The first-order valence-corrected chi connectivity index (χ1v) is 11.3. The van der Waals surface area contributed by atoms with Gasteiger partial charge >= 0.3 is 0 Å². The number of hydrogen-bond donors (Lipinski definition) is 0. The molecule has 1 aliphatic carbocycles. The van der Waals surface area contributed by atoms with Crippen LogP contribution >= 0.6 is 0 Å². The fourth-order valence-electron chi connectivity index (χ4n) is 3.72. The fraction of sp³-hybridized carbons (Fsp3) is 0.357. The van der Waals surface area contributed by atoms with Crippen molar-refractivity contribution < 1.29 is 27.0 Å². The average Bonchev–Trinajstić information content (AvgIpc) is 2.82. The quantitative estimate of drug-likeness (QED) is 0.181. The number of allylic oxidation sites excluding steroid dienone is 5. The zero-order valence-corrected chi connectivity index (χ0v) is 19.9. The maximum atomic E-state index is 14.7. The number of rotatable bonds is 11. The molecule has 0 N–H and O–H groups in total. The summed E-state index contributed by atoms with van der Waals surface area (Å²) in [7, 11) is 0. The molecule has 1 aromatic rings. The van der Waals surface area contributed by atoms with Gasteiger partial charge in [-0.05, 0) is 54.4 Å². The van der Waals surface area contributed by atoms with Crippen LogP contribution in [0.1, 0.15) is 51.0 Å². The van der Waals surface area contributed by atoms with Gasteiger partial charge in [0.15, 0.2) is 23.2 Å². The molecule has 6 heteroatoms. The highest BCUT2D eigenvalue weighted by molar-refractivity contribution is 5.49. The molecule has 1 aliphatic rings. The third-order valence-corrected chi connectivity index (χ3v) is 5.87. The Kier molecular flexibility index (Phi) is 9.97. The normalized spacial score (nSPS) is 18.9. The first kappa shape index (κ1) is 27.2. The van der Waals surface area contributed by atoms with E-state index in [4.69, 9.17) is 9.47 Å². The Labute approximate surface area is 199 Å². The standard InChI is InChI=1S/C28H32F4O2/c1-7-33-21(6)26(30)25(29)20(5)19(4)11-8-18(3)16-34-24-15-14-23(27(31)28(24)32)22-12-9-17(2)10-13-22/h8,11,14-15,17,22H,3-7,9-10,12-13,16H2,1-2H3/b11-8-,26-25-. The molecule has 0 spiro atoms. The van der Waals surface area contributed by atoms with Crippen molar-refractivity contribution in [1.29, 1.82) is 0 Å². The summed E-state index contributed by atoms with van der Waals surface area (Å²) in [5.74, 6) is -4.42. The highest BCUT2D eigenvalue weighted by Gasteiger charge is 2.25. The van der Waals surface area contributed by atoms with Gasteiger partial charge in [0.2, 0.25) is 11.6 Å². The molecule has 1 saturated carbocycles. The second-order valence-electron chi connectivity index (χ2n) is 8.51. The smallest absolute Gasteiger partial charge is 0.200 e. The summed E-state index contributed by atoms with van der Waals surface area (Å²) < 4.78 is 67.7. The molecule has 0 atom stereocenters. The van der Waals surface area contributed by atoms with E-state index in [1.807, 2.05) is 0 Å². The van der Waals surface area contributed by atoms with Crippen molar-refractivity contribution in [3.63, 3.8) is 0 Å². The van der Waals surface area contributed by atoms with Gasteiger partial charge in [0.05, 0.1) is 6.61 Å². The molecule has 0 aliphatic heterocycles. The van der Waals surface area contributed by atoms with Crippen molar-refractivity contribution in [3.05, 3.63) is 102 Å². The van der Waals surface area contributed by atoms with Crippen molar-refractivity contribution in [2.45, 2.75) is 45.4 Å². The molecule has 0 radical (unpaired) electrons. The minimum absolute atomic E-state index is 0.0155. The van der Waals surface area contributed by atoms with E-state index in [1.54, 1.807) is 13.0 Å². The van der Waals surface area contributed by atoms with Crippen LogP contribution in [-0.2, 0) is 4.74 Å². The lowest BCUT2D eigenvalue weighted by atomic mass is 9.79. The number of benzene rings is 1. The molecular formula is C28H32F4O2. The first-order valence-electron chi connectivity index (χ1n) is 11.3. The Balaban J connectivity index is 1.97. The zero-order valence-electron chi connectivity index (χ0n) is 19.9. The number of ether oxygens (including phenoxy) is 2. The van der Waals surface area contributed by atoms with Crippen LogP contribution < -0.4 is 4.74 Å². The lowest BCUT2D eigenvalue weighted by Crippen LogP contribution is -2.13. The Bertz CT molecular complexity index is 1010. The van der Waals surface area contributed by atoms with E-state index in [2.05, 4.69) is 33.2 Å². The van der Waals surface area contributed by atoms with Crippen LogP contribution in [0, 0.1) is 17.6 Å². The van der Waals surface area contributed by atoms with Crippen LogP contribution in [0.5, 0.6) is 5.75 Å². The molecule has 0 unspecified atom stereocenters. The van der Waals surface area contributed by atoms with Gasteiger partial charge in [0, 0.05) is 5.57 Å². The summed E-state index contributed by atoms with van der Waals surface area (Å²) in [5.41, 5.74) is 0.563. The van der Waals surface area contributed by atoms with Crippen molar-refractivity contribution in [1.82, 2.24) is 0 Å². The number of hydrogen-bond acceptors (Lipinski definition) is 2. The Hall–Kier alpha value is -3.02. The summed E-state index contributed by atoms with van der Waals surface area (Å²) in [6, 6.07) is 3.01. The van der Waals surface area contributed by atoms with E-state index >= 15 is 0 Å². The lowest BCUT2D eigenvalue weighted by Gasteiger charge is -2.27. The van der Waals surface area contributed by atoms with Crippen LogP contribution in [0.4, 0.5) is 17.6 Å². The molecule has 184 valence electrons. The van der Waals surface area contributed by atoms with E-state index < -0.39 is 29.0 Å². The van der Waals surface area contributed by atoms with Gasteiger partial charge in [-0.3, -0.25) is 0 Å². The van der Waals surface area contributed by atoms with Crippen molar-refractivity contribution in [2.75, 3.05) is 13.2 Å². The van der Waals surface area contributed by atoms with Gasteiger partial charge in [-0.25, -0.2) is 8.78 Å². The van der Waals surface area contributed by atoms with Crippen molar-refractivity contribution in [2.24, 2.45) is 5.92 Å². The van der Waals surface area contributed by atoms with E-state index in [9.17, 15) is 17.6 Å². The van der Waals surface area contributed by atoms with Crippen molar-refractivity contribution in [3.8, 4) is 5.75 Å². The summed E-state index contributed by atoms with van der Waals surface area (Å²) in [6.07, 6.45) is 6.50. The largest absolute Gasteiger partial charge is 0.491 e. The van der Waals surface area contributed by atoms with Gasteiger partial charge in [-0.2, -0.15) is 8.78 Å².